The third-order valence-corrected chi connectivity index (χ3v) is 4.56. The molecule has 3 aromatic rings. The highest BCUT2D eigenvalue weighted by Gasteiger charge is 2.39. The van der Waals surface area contributed by atoms with E-state index >= 15 is 0 Å². The summed E-state index contributed by atoms with van der Waals surface area (Å²) >= 11 is 0.712. The number of thiazole rings is 1. The van der Waals surface area contributed by atoms with Crippen molar-refractivity contribution < 1.29 is 18.0 Å². The number of carbonyl (C=O) groups excluding carboxylic acids is 1. The summed E-state index contributed by atoms with van der Waals surface area (Å²) in [5, 5.41) is 0. The number of hydrogen-bond acceptors (Lipinski definition) is 3. The minimum atomic E-state index is -4.66. The first-order valence-corrected chi connectivity index (χ1v) is 8.71. The van der Waals surface area contributed by atoms with Crippen LogP contribution in [-0.4, -0.2) is 15.8 Å². The average molecular weight is 376 g/mol. The summed E-state index contributed by atoms with van der Waals surface area (Å²) in [4.78, 5) is 17.3. The number of benzene rings is 2. The van der Waals surface area contributed by atoms with Gasteiger partial charge in [-0.15, -0.1) is 11.3 Å². The van der Waals surface area contributed by atoms with Gasteiger partial charge < -0.3 is 4.90 Å². The zero-order valence-electron chi connectivity index (χ0n) is 13.6. The first kappa shape index (κ1) is 18.1. The van der Waals surface area contributed by atoms with Crippen molar-refractivity contribution in [2.75, 3.05) is 0 Å². The van der Waals surface area contributed by atoms with Crippen LogP contribution in [0.2, 0.25) is 0 Å². The molecule has 0 spiro atoms. The highest BCUT2D eigenvalue weighted by molar-refractivity contribution is 7.11. The van der Waals surface area contributed by atoms with E-state index in [0.29, 0.717) is 11.3 Å². The van der Waals surface area contributed by atoms with Crippen LogP contribution in [0.5, 0.6) is 0 Å². The quantitative estimate of drug-likeness (QED) is 0.628. The molecular formula is C19H15F3N2OS. The van der Waals surface area contributed by atoms with Crippen LogP contribution in [0.4, 0.5) is 13.2 Å². The number of hydrogen-bond donors (Lipinski definition) is 0. The van der Waals surface area contributed by atoms with Gasteiger partial charge in [0.05, 0.1) is 5.51 Å². The monoisotopic (exact) mass is 376 g/mol. The normalized spacial score (nSPS) is 11.3. The van der Waals surface area contributed by atoms with Gasteiger partial charge >= 0.3 is 6.18 Å². The molecule has 0 unspecified atom stereocenters. The van der Waals surface area contributed by atoms with Gasteiger partial charge in [0.25, 0.3) is 5.91 Å². The molecular weight excluding hydrogens is 361 g/mol. The third-order valence-electron chi connectivity index (χ3n) is 3.75. The van der Waals surface area contributed by atoms with Gasteiger partial charge in [-0.05, 0) is 11.1 Å². The fourth-order valence-corrected chi connectivity index (χ4v) is 3.32. The van der Waals surface area contributed by atoms with E-state index in [9.17, 15) is 18.0 Å². The summed E-state index contributed by atoms with van der Waals surface area (Å²) < 4.78 is 39.4. The van der Waals surface area contributed by atoms with Crippen molar-refractivity contribution in [2.24, 2.45) is 0 Å². The van der Waals surface area contributed by atoms with Crippen LogP contribution in [0.3, 0.4) is 0 Å². The Labute approximate surface area is 152 Å². The van der Waals surface area contributed by atoms with Crippen molar-refractivity contribution in [3.8, 4) is 0 Å². The lowest BCUT2D eigenvalue weighted by atomic mass is 10.1. The predicted molar refractivity (Wildman–Crippen MR) is 93.6 cm³/mol. The lowest BCUT2D eigenvalue weighted by Crippen LogP contribution is -2.31. The summed E-state index contributed by atoms with van der Waals surface area (Å²) in [6.45, 7) is 0.424. The number of amides is 1. The van der Waals surface area contributed by atoms with Gasteiger partial charge in [0.2, 0.25) is 0 Å². The lowest BCUT2D eigenvalue weighted by molar-refractivity contribution is -0.141. The molecule has 0 aliphatic carbocycles. The number of alkyl halides is 3. The van der Waals surface area contributed by atoms with Crippen LogP contribution >= 0.6 is 11.3 Å². The number of nitrogens with zero attached hydrogens (tertiary/aromatic N) is 2. The Morgan fingerprint density at radius 1 is 0.923 bits per heavy atom. The molecule has 2 aromatic carbocycles. The van der Waals surface area contributed by atoms with Gasteiger partial charge in [0.15, 0.2) is 5.69 Å². The minimum absolute atomic E-state index is 0.212. The largest absolute Gasteiger partial charge is 0.434 e. The Balaban J connectivity index is 1.92. The maximum absolute atomic E-state index is 13.1. The Hall–Kier alpha value is -2.67. The van der Waals surface area contributed by atoms with E-state index in [4.69, 9.17) is 0 Å². The molecule has 26 heavy (non-hydrogen) atoms. The van der Waals surface area contributed by atoms with Crippen molar-refractivity contribution in [2.45, 2.75) is 19.3 Å². The molecule has 134 valence electrons. The second-order valence-corrected chi connectivity index (χ2v) is 6.52. The van der Waals surface area contributed by atoms with Gasteiger partial charge in [-0.25, -0.2) is 4.98 Å². The smallest absolute Gasteiger partial charge is 0.329 e. The van der Waals surface area contributed by atoms with Crippen molar-refractivity contribution in [1.29, 1.82) is 0 Å². The summed E-state index contributed by atoms with van der Waals surface area (Å²) in [5.41, 5.74) is 1.61. The molecule has 0 atom stereocenters. The summed E-state index contributed by atoms with van der Waals surface area (Å²) in [7, 11) is 0. The van der Waals surface area contributed by atoms with E-state index in [0.717, 1.165) is 16.6 Å². The number of carbonyl (C=O) groups is 1. The third kappa shape index (κ3) is 4.29. The van der Waals surface area contributed by atoms with Crippen LogP contribution < -0.4 is 0 Å². The fraction of sp³-hybridized carbons (Fsp3) is 0.158. The van der Waals surface area contributed by atoms with E-state index in [-0.39, 0.29) is 18.0 Å². The number of rotatable bonds is 5. The highest BCUT2D eigenvalue weighted by Crippen LogP contribution is 2.33. The van der Waals surface area contributed by atoms with Gasteiger partial charge in [-0.3, -0.25) is 4.79 Å². The van der Waals surface area contributed by atoms with E-state index in [1.165, 1.54) is 4.90 Å². The molecule has 1 aromatic heterocycles. The van der Waals surface area contributed by atoms with E-state index in [1.54, 1.807) is 0 Å². The minimum Gasteiger partial charge on any atom is -0.329 e. The molecule has 0 bridgehead atoms. The molecule has 0 saturated heterocycles. The molecule has 0 saturated carbocycles. The molecule has 0 fully saturated rings. The van der Waals surface area contributed by atoms with Crippen LogP contribution in [-0.2, 0) is 19.3 Å². The fourth-order valence-electron chi connectivity index (χ4n) is 2.55. The van der Waals surface area contributed by atoms with Crippen molar-refractivity contribution in [3.05, 3.63) is 87.9 Å². The molecule has 3 nitrogen and oxygen atoms in total. The number of halogens is 3. The predicted octanol–water partition coefficient (Wildman–Crippen LogP) is 5.00. The molecule has 0 aliphatic heterocycles. The van der Waals surface area contributed by atoms with E-state index < -0.39 is 17.8 Å². The Kier molecular flexibility index (Phi) is 5.37. The SMILES string of the molecule is O=C(c1scnc1C(F)(F)F)N(Cc1ccccc1)Cc1ccccc1. The maximum Gasteiger partial charge on any atom is 0.434 e. The summed E-state index contributed by atoms with van der Waals surface area (Å²) in [6.07, 6.45) is -4.66. The molecule has 0 aliphatic rings. The standard InChI is InChI=1S/C19H15F3N2OS/c20-19(21,22)17-16(26-13-23-17)18(25)24(11-14-7-3-1-4-8-14)12-15-9-5-2-6-10-15/h1-10,13H,11-12H2. The maximum atomic E-state index is 13.1. The van der Waals surface area contributed by atoms with Crippen LogP contribution in [0.25, 0.3) is 0 Å². The number of aromatic nitrogens is 1. The Morgan fingerprint density at radius 3 is 1.88 bits per heavy atom. The lowest BCUT2D eigenvalue weighted by Gasteiger charge is -2.23. The Bertz CT molecular complexity index is 822. The van der Waals surface area contributed by atoms with Crippen molar-refractivity contribution >= 4 is 17.2 Å². The van der Waals surface area contributed by atoms with Crippen molar-refractivity contribution in [1.82, 2.24) is 9.88 Å². The van der Waals surface area contributed by atoms with Gasteiger partial charge in [0.1, 0.15) is 4.88 Å². The summed E-state index contributed by atoms with van der Waals surface area (Å²) in [5.74, 6) is -0.674. The van der Waals surface area contributed by atoms with Crippen molar-refractivity contribution in [3.63, 3.8) is 0 Å². The molecule has 7 heteroatoms. The van der Waals surface area contributed by atoms with Crippen LogP contribution in [0.1, 0.15) is 26.5 Å². The second kappa shape index (κ2) is 7.70. The molecule has 1 heterocycles. The molecule has 0 N–H and O–H groups in total. The molecule has 3 rings (SSSR count). The van der Waals surface area contributed by atoms with E-state index in [2.05, 4.69) is 4.98 Å². The van der Waals surface area contributed by atoms with E-state index in [1.807, 2.05) is 60.7 Å². The van der Waals surface area contributed by atoms with Crippen LogP contribution in [0.15, 0.2) is 66.2 Å². The highest BCUT2D eigenvalue weighted by atomic mass is 32.1. The van der Waals surface area contributed by atoms with Gasteiger partial charge in [0, 0.05) is 13.1 Å². The second-order valence-electron chi connectivity index (χ2n) is 5.66. The van der Waals surface area contributed by atoms with Crippen LogP contribution in [0, 0.1) is 0 Å². The topological polar surface area (TPSA) is 33.2 Å². The zero-order valence-corrected chi connectivity index (χ0v) is 14.4. The molecule has 1 amide bonds. The summed E-state index contributed by atoms with van der Waals surface area (Å²) in [6, 6.07) is 18.3. The first-order chi connectivity index (χ1) is 12.4. The molecule has 0 radical (unpaired) electrons. The Morgan fingerprint density at radius 2 is 1.42 bits per heavy atom. The average Bonchev–Trinajstić information content (AvgIpc) is 3.12. The zero-order chi connectivity index (χ0) is 18.6. The van der Waals surface area contributed by atoms with Gasteiger partial charge in [-0.1, -0.05) is 60.7 Å². The first-order valence-electron chi connectivity index (χ1n) is 7.83. The van der Waals surface area contributed by atoms with Gasteiger partial charge in [-0.2, -0.15) is 13.2 Å².